The van der Waals surface area contributed by atoms with Gasteiger partial charge in [0.2, 0.25) is 0 Å². The summed E-state index contributed by atoms with van der Waals surface area (Å²) in [6.07, 6.45) is 3.91. The summed E-state index contributed by atoms with van der Waals surface area (Å²) in [7, 11) is 0. The molecule has 0 aliphatic heterocycles. The van der Waals surface area contributed by atoms with Gasteiger partial charge in [-0.05, 0) is 12.0 Å². The molecule has 292 valence electrons. The Bertz CT molecular complexity index is 2280. The van der Waals surface area contributed by atoms with Crippen molar-refractivity contribution < 1.29 is 25.8 Å². The maximum atomic E-state index is 6.80. The van der Waals surface area contributed by atoms with E-state index in [9.17, 15) is 0 Å². The first-order valence-electron chi connectivity index (χ1n) is 19.5. The first kappa shape index (κ1) is 43.7. The van der Waals surface area contributed by atoms with Gasteiger partial charge in [0, 0.05) is 6.20 Å². The van der Waals surface area contributed by atoms with E-state index in [2.05, 4.69) is 182 Å². The number of hydrogen-bond donors (Lipinski definition) is 0. The van der Waals surface area contributed by atoms with Crippen LogP contribution >= 0.6 is 0 Å². The summed E-state index contributed by atoms with van der Waals surface area (Å²) < 4.78 is 11.3. The maximum absolute atomic E-state index is 6.80. The molecule has 4 aromatic carbocycles. The fourth-order valence-electron chi connectivity index (χ4n) is 7.54. The predicted molar refractivity (Wildman–Crippen MR) is 235 cm³/mol. The molecule has 0 radical (unpaired) electrons. The number of hydrogen-bond acceptors (Lipinski definition) is 3. The quantitative estimate of drug-likeness (QED) is 0.113. The number of aromatic nitrogens is 2. The number of ether oxygens (including phenoxy) is 1. The van der Waals surface area contributed by atoms with Gasteiger partial charge in [-0.15, -0.1) is 0 Å². The molecular weight excluding hydrogens is 1060 g/mol. The Morgan fingerprint density at radius 1 is 0.554 bits per heavy atom. The minimum atomic E-state index is -2.86. The van der Waals surface area contributed by atoms with Gasteiger partial charge in [-0.25, -0.2) is 0 Å². The third kappa shape index (κ3) is 9.80. The molecular formula is C51H57BiN2OPt. The molecule has 6 rings (SSSR count). The number of nitrogens with zero attached hydrogens (tertiary/aromatic N) is 2. The molecule has 0 N–H and O–H groups in total. The van der Waals surface area contributed by atoms with Crippen molar-refractivity contribution >= 4 is 31.6 Å². The summed E-state index contributed by atoms with van der Waals surface area (Å²) in [4.78, 5) is 9.78. The van der Waals surface area contributed by atoms with Crippen LogP contribution < -0.4 is 14.6 Å². The van der Waals surface area contributed by atoms with Gasteiger partial charge in [0.1, 0.15) is 0 Å². The van der Waals surface area contributed by atoms with Crippen LogP contribution in [0.4, 0.5) is 0 Å². The third-order valence-electron chi connectivity index (χ3n) is 10.4. The molecule has 0 fully saturated rings. The molecule has 0 saturated heterocycles. The first-order chi connectivity index (χ1) is 25.8. The first-order valence-corrected chi connectivity index (χ1v) is 24.7. The van der Waals surface area contributed by atoms with Crippen LogP contribution in [0.15, 0.2) is 85.2 Å². The molecule has 0 spiro atoms. The van der Waals surface area contributed by atoms with Crippen molar-refractivity contribution in [2.24, 2.45) is 0 Å². The van der Waals surface area contributed by atoms with Gasteiger partial charge in [0.05, 0.1) is 0 Å². The van der Waals surface area contributed by atoms with Crippen molar-refractivity contribution in [1.29, 1.82) is 0 Å². The van der Waals surface area contributed by atoms with Crippen LogP contribution in [0.3, 0.4) is 0 Å². The van der Waals surface area contributed by atoms with E-state index in [0.29, 0.717) is 17.4 Å². The van der Waals surface area contributed by atoms with E-state index in [1.54, 1.807) is 6.54 Å². The molecule has 0 bridgehead atoms. The second-order valence-electron chi connectivity index (χ2n) is 17.8. The van der Waals surface area contributed by atoms with E-state index in [1.807, 2.05) is 12.4 Å². The Hall–Kier alpha value is -3.45. The van der Waals surface area contributed by atoms with Crippen molar-refractivity contribution in [3.63, 3.8) is 0 Å². The molecule has 0 saturated carbocycles. The van der Waals surface area contributed by atoms with E-state index >= 15 is 0 Å². The largest absolute Gasteiger partial charge is 2.00 e. The Labute approximate surface area is 359 Å². The zero-order valence-corrected chi connectivity index (χ0v) is 41.5. The van der Waals surface area contributed by atoms with Crippen molar-refractivity contribution in [2.45, 2.75) is 114 Å². The van der Waals surface area contributed by atoms with Crippen molar-refractivity contribution in [1.82, 2.24) is 9.97 Å². The number of rotatable bonds is 8. The summed E-state index contributed by atoms with van der Waals surface area (Å²) in [5.74, 6) is 1.71. The van der Waals surface area contributed by atoms with Crippen LogP contribution in [0.2, 0.25) is 0 Å². The molecule has 0 aliphatic rings. The molecule has 5 heteroatoms. The smallest absolute Gasteiger partial charge is 2.00 e. The van der Waals surface area contributed by atoms with Crippen molar-refractivity contribution in [2.75, 3.05) is 0 Å². The minimum Gasteiger partial charge on any atom is 2.00 e. The predicted octanol–water partition coefficient (Wildman–Crippen LogP) is 11.3. The fraction of sp³-hybridized carbons (Fsp3) is 0.333. The Kier molecular flexibility index (Phi) is 13.4. The minimum absolute atomic E-state index is 0. The summed E-state index contributed by atoms with van der Waals surface area (Å²) >= 11 is -2.86. The van der Waals surface area contributed by atoms with Gasteiger partial charge in [-0.2, -0.15) is 0 Å². The van der Waals surface area contributed by atoms with Gasteiger partial charge in [-0.3, -0.25) is 0 Å². The standard InChI is InChI=1S/C33H35N2O.2C9H11.Bi.Pt/c1-22(2)23-12-14-35-31(19-23)25-16-27(33(6,7)8)21-29(18-25)36-28-17-24(30-11-9-10-13-34-30)15-26(20-28)32(3,4)5;2*1-7-4-8(2)6-9(3)5-7;;/h10-16,19-22H,1-8H3;2*4-5H,1-3H3;;/q-2;;;;+2. The summed E-state index contributed by atoms with van der Waals surface area (Å²) in [5.41, 5.74) is 15.2. The Balaban J connectivity index is 0.00000600. The summed E-state index contributed by atoms with van der Waals surface area (Å²) in [6.45, 7) is 31.5. The average molecular weight is 1120 g/mol. The molecule has 0 aliphatic carbocycles. The van der Waals surface area contributed by atoms with E-state index in [0.717, 1.165) is 33.6 Å². The van der Waals surface area contributed by atoms with Gasteiger partial charge in [-0.1, -0.05) is 19.4 Å². The zero-order chi connectivity index (χ0) is 40.0. The van der Waals surface area contributed by atoms with Crippen LogP contribution in [-0.2, 0) is 31.9 Å². The van der Waals surface area contributed by atoms with E-state index in [4.69, 9.17) is 14.7 Å². The molecule has 3 nitrogen and oxygen atoms in total. The van der Waals surface area contributed by atoms with Crippen LogP contribution in [0.1, 0.15) is 111 Å². The van der Waals surface area contributed by atoms with Gasteiger partial charge >= 0.3 is 325 Å². The zero-order valence-electron chi connectivity index (χ0n) is 35.7. The van der Waals surface area contributed by atoms with Crippen LogP contribution in [0.25, 0.3) is 22.5 Å². The van der Waals surface area contributed by atoms with E-state index < -0.39 is 21.8 Å². The van der Waals surface area contributed by atoms with Crippen LogP contribution in [-0.4, -0.2) is 31.7 Å². The molecule has 0 amide bonds. The average Bonchev–Trinajstić information content (AvgIpc) is 3.09. The van der Waals surface area contributed by atoms with Crippen molar-refractivity contribution in [3.8, 4) is 34.0 Å². The molecule has 2 aromatic heterocycles. The normalized spacial score (nSPS) is 11.9. The molecule has 2 heterocycles. The number of pyridine rings is 2. The molecule has 56 heavy (non-hydrogen) atoms. The third-order valence-corrected chi connectivity index (χ3v) is 22.4. The monoisotopic (exact) mass is 1120 g/mol. The Morgan fingerprint density at radius 3 is 1.38 bits per heavy atom. The Morgan fingerprint density at radius 2 is 0.964 bits per heavy atom. The van der Waals surface area contributed by atoms with Gasteiger partial charge in [0.25, 0.3) is 0 Å². The summed E-state index contributed by atoms with van der Waals surface area (Å²) in [5, 5.41) is 0. The SMILES string of the molecule is Cc1cc(C)[c]([Bi]([c]2ccnc(-c3[c-]c(Oc4[c-]c(-c5cc(C(C)C)ccn5)cc(C(C)(C)C)c4)cc(C(C)(C)C)c3)c2)[c]2c(C)cc(C)cc2C)c(C)c1.[Pt+2]. The van der Waals surface area contributed by atoms with E-state index in [1.165, 1.54) is 42.2 Å². The maximum Gasteiger partial charge on any atom is 2.00 e. The topological polar surface area (TPSA) is 35.0 Å². The van der Waals surface area contributed by atoms with Crippen LogP contribution in [0, 0.1) is 53.7 Å². The fourth-order valence-corrected chi connectivity index (χ4v) is 18.7. The van der Waals surface area contributed by atoms with Crippen LogP contribution in [0.5, 0.6) is 11.5 Å². The molecule has 0 unspecified atom stereocenters. The molecule has 0 atom stereocenters. The second-order valence-corrected chi connectivity index (χ2v) is 25.8. The second kappa shape index (κ2) is 17.2. The van der Waals surface area contributed by atoms with Gasteiger partial charge in [0.15, 0.2) is 0 Å². The molecule has 6 aromatic rings. The number of benzene rings is 4. The van der Waals surface area contributed by atoms with E-state index in [-0.39, 0.29) is 31.9 Å². The van der Waals surface area contributed by atoms with Gasteiger partial charge < -0.3 is 0 Å². The summed E-state index contributed by atoms with van der Waals surface area (Å²) in [6, 6.07) is 34.3. The number of aryl methyl sites for hydroxylation is 6. The van der Waals surface area contributed by atoms with Crippen molar-refractivity contribution in [3.05, 3.63) is 147 Å².